The number of nitrogens with zero attached hydrogens (tertiary/aromatic N) is 2. The van der Waals surface area contributed by atoms with E-state index in [9.17, 15) is 14.9 Å². The number of nitro groups is 1. The zero-order chi connectivity index (χ0) is 12.4. The Hall–Kier alpha value is -1.70. The summed E-state index contributed by atoms with van der Waals surface area (Å²) in [5.41, 5.74) is -0.372. The Morgan fingerprint density at radius 2 is 2.29 bits per heavy atom. The molecule has 0 aromatic carbocycles. The quantitative estimate of drug-likeness (QED) is 0.480. The lowest BCUT2D eigenvalue weighted by Gasteiger charge is -2.03. The van der Waals surface area contributed by atoms with E-state index in [-0.39, 0.29) is 17.5 Å². The fourth-order valence-electron chi connectivity index (χ4n) is 1.08. The Labute approximate surface area is 104 Å². The molecule has 1 heterocycles. The third-order valence-corrected chi connectivity index (χ3v) is 2.54. The number of halogens is 1. The highest BCUT2D eigenvalue weighted by molar-refractivity contribution is 9.10. The minimum Gasteiger partial charge on any atom is -0.258 e. The Morgan fingerprint density at radius 3 is 2.88 bits per heavy atom. The van der Waals surface area contributed by atoms with Crippen LogP contribution >= 0.6 is 15.9 Å². The van der Waals surface area contributed by atoms with Crippen LogP contribution < -0.4 is 4.89 Å². The molecule has 7 nitrogen and oxygen atoms in total. The summed E-state index contributed by atoms with van der Waals surface area (Å²) < 4.78 is 0.435. The van der Waals surface area contributed by atoms with E-state index >= 15 is 0 Å². The standard InChI is InChI=1S/C9H7BrN2O5/c10-6-3-7(12(14)15)8(11-4-6)16-17-9(13)5-1-2-5/h3-5H,1-2H2. The molecule has 90 valence electrons. The van der Waals surface area contributed by atoms with E-state index < -0.39 is 10.9 Å². The topological polar surface area (TPSA) is 91.6 Å². The highest BCUT2D eigenvalue weighted by atomic mass is 79.9. The predicted octanol–water partition coefficient (Wildman–Crippen LogP) is 2.00. The van der Waals surface area contributed by atoms with Gasteiger partial charge in [0.1, 0.15) is 0 Å². The van der Waals surface area contributed by atoms with Gasteiger partial charge < -0.3 is 0 Å². The number of hydrogen-bond acceptors (Lipinski definition) is 6. The molecule has 17 heavy (non-hydrogen) atoms. The van der Waals surface area contributed by atoms with Gasteiger partial charge in [-0.25, -0.2) is 14.7 Å². The first-order chi connectivity index (χ1) is 8.08. The van der Waals surface area contributed by atoms with Crippen molar-refractivity contribution in [3.8, 4) is 5.88 Å². The summed E-state index contributed by atoms with van der Waals surface area (Å²) in [4.78, 5) is 33.9. The molecule has 0 bridgehead atoms. The average molecular weight is 303 g/mol. The monoisotopic (exact) mass is 302 g/mol. The van der Waals surface area contributed by atoms with Crippen molar-refractivity contribution in [1.29, 1.82) is 0 Å². The van der Waals surface area contributed by atoms with Gasteiger partial charge in [-0.05, 0) is 28.8 Å². The van der Waals surface area contributed by atoms with Crippen molar-refractivity contribution in [3.63, 3.8) is 0 Å². The molecule has 1 fully saturated rings. The number of rotatable bonds is 4. The summed E-state index contributed by atoms with van der Waals surface area (Å²) in [6.07, 6.45) is 2.84. The van der Waals surface area contributed by atoms with Crippen molar-refractivity contribution in [2.45, 2.75) is 12.8 Å². The van der Waals surface area contributed by atoms with Crippen LogP contribution in [-0.2, 0) is 9.68 Å². The molecule has 1 saturated carbocycles. The predicted molar refractivity (Wildman–Crippen MR) is 58.0 cm³/mol. The first kappa shape index (κ1) is 11.8. The summed E-state index contributed by atoms with van der Waals surface area (Å²) in [6.45, 7) is 0. The second-order valence-electron chi connectivity index (χ2n) is 3.49. The van der Waals surface area contributed by atoms with E-state index in [0.717, 1.165) is 12.8 Å². The smallest absolute Gasteiger partial charge is 0.258 e. The van der Waals surface area contributed by atoms with Gasteiger partial charge in [0.05, 0.1) is 10.8 Å². The summed E-state index contributed by atoms with van der Waals surface area (Å²) in [7, 11) is 0. The van der Waals surface area contributed by atoms with Crippen molar-refractivity contribution >= 4 is 27.6 Å². The average Bonchev–Trinajstić information content (AvgIpc) is 3.10. The van der Waals surface area contributed by atoms with Crippen LogP contribution in [0, 0.1) is 16.0 Å². The summed E-state index contributed by atoms with van der Waals surface area (Å²) in [6, 6.07) is 1.22. The summed E-state index contributed by atoms with van der Waals surface area (Å²) in [5, 5.41) is 10.7. The van der Waals surface area contributed by atoms with Crippen LogP contribution in [0.25, 0.3) is 0 Å². The first-order valence-electron chi connectivity index (χ1n) is 4.76. The van der Waals surface area contributed by atoms with Crippen LogP contribution in [-0.4, -0.2) is 15.9 Å². The van der Waals surface area contributed by atoms with Gasteiger partial charge in [0.15, 0.2) is 0 Å². The van der Waals surface area contributed by atoms with E-state index in [0.29, 0.717) is 4.47 Å². The lowest BCUT2D eigenvalue weighted by molar-refractivity contribution is -0.388. The Bertz CT molecular complexity index is 474. The number of carbonyl (C=O) groups is 1. The maximum absolute atomic E-state index is 11.2. The lowest BCUT2D eigenvalue weighted by Crippen LogP contribution is -2.11. The molecule has 0 aliphatic heterocycles. The number of carbonyl (C=O) groups excluding carboxylic acids is 1. The number of pyridine rings is 1. The van der Waals surface area contributed by atoms with Crippen molar-refractivity contribution in [2.75, 3.05) is 0 Å². The third kappa shape index (κ3) is 2.90. The van der Waals surface area contributed by atoms with E-state index in [4.69, 9.17) is 0 Å². The van der Waals surface area contributed by atoms with E-state index in [1.807, 2.05) is 0 Å². The number of aromatic nitrogens is 1. The highest BCUT2D eigenvalue weighted by Gasteiger charge is 2.33. The normalized spacial score (nSPS) is 14.2. The van der Waals surface area contributed by atoms with E-state index in [1.54, 1.807) is 0 Å². The molecule has 0 radical (unpaired) electrons. The third-order valence-electron chi connectivity index (χ3n) is 2.11. The van der Waals surface area contributed by atoms with Crippen LogP contribution in [0.4, 0.5) is 5.69 Å². The first-order valence-corrected chi connectivity index (χ1v) is 5.55. The molecule has 0 unspecified atom stereocenters. The molecule has 1 aromatic heterocycles. The zero-order valence-electron chi connectivity index (χ0n) is 8.46. The van der Waals surface area contributed by atoms with Gasteiger partial charge in [0.2, 0.25) is 0 Å². The molecule has 0 spiro atoms. The maximum Gasteiger partial charge on any atom is 0.358 e. The fraction of sp³-hybridized carbons (Fsp3) is 0.333. The molecule has 1 aliphatic rings. The second-order valence-corrected chi connectivity index (χ2v) is 4.41. The van der Waals surface area contributed by atoms with Gasteiger partial charge in [-0.15, -0.1) is 0 Å². The van der Waals surface area contributed by atoms with Gasteiger partial charge >= 0.3 is 17.5 Å². The van der Waals surface area contributed by atoms with Crippen LogP contribution in [0.15, 0.2) is 16.7 Å². The molecular formula is C9H7BrN2O5. The van der Waals surface area contributed by atoms with Gasteiger partial charge in [0.25, 0.3) is 0 Å². The van der Waals surface area contributed by atoms with E-state index in [2.05, 4.69) is 30.7 Å². The largest absolute Gasteiger partial charge is 0.358 e. The van der Waals surface area contributed by atoms with Crippen molar-refractivity contribution in [1.82, 2.24) is 4.98 Å². The SMILES string of the molecule is O=C(OOc1ncc(Br)cc1[N+](=O)[O-])C1CC1. The molecule has 1 aromatic rings. The minimum atomic E-state index is -0.669. The Morgan fingerprint density at radius 1 is 1.59 bits per heavy atom. The molecular weight excluding hydrogens is 296 g/mol. The van der Waals surface area contributed by atoms with Crippen LogP contribution in [0.3, 0.4) is 0 Å². The molecule has 0 amide bonds. The highest BCUT2D eigenvalue weighted by Crippen LogP contribution is 2.31. The summed E-state index contributed by atoms with van der Waals surface area (Å²) in [5.74, 6) is -1.01. The lowest BCUT2D eigenvalue weighted by atomic mass is 10.4. The van der Waals surface area contributed by atoms with Crippen LogP contribution in [0.2, 0.25) is 0 Å². The van der Waals surface area contributed by atoms with Gasteiger partial charge in [-0.1, -0.05) is 0 Å². The van der Waals surface area contributed by atoms with Gasteiger partial charge in [-0.2, -0.15) is 0 Å². The van der Waals surface area contributed by atoms with Crippen LogP contribution in [0.1, 0.15) is 12.8 Å². The van der Waals surface area contributed by atoms with Crippen molar-refractivity contribution in [2.24, 2.45) is 5.92 Å². The fourth-order valence-corrected chi connectivity index (χ4v) is 1.40. The summed E-state index contributed by atoms with van der Waals surface area (Å²) >= 11 is 3.05. The van der Waals surface area contributed by atoms with Gasteiger partial charge in [-0.3, -0.25) is 15.0 Å². The molecule has 0 N–H and O–H groups in total. The molecule has 8 heteroatoms. The molecule has 2 rings (SSSR count). The Balaban J connectivity index is 2.08. The maximum atomic E-state index is 11.2. The molecule has 1 aliphatic carbocycles. The number of hydrogen-bond donors (Lipinski definition) is 0. The second kappa shape index (κ2) is 4.66. The Kier molecular flexibility index (Phi) is 3.23. The van der Waals surface area contributed by atoms with E-state index in [1.165, 1.54) is 12.3 Å². The van der Waals surface area contributed by atoms with Crippen LogP contribution in [0.5, 0.6) is 5.88 Å². The van der Waals surface area contributed by atoms with Crippen molar-refractivity contribution < 1.29 is 19.5 Å². The minimum absolute atomic E-state index is 0.149. The van der Waals surface area contributed by atoms with Gasteiger partial charge in [0, 0.05) is 16.7 Å². The molecule has 0 saturated heterocycles. The molecule has 0 atom stereocenters. The zero-order valence-corrected chi connectivity index (χ0v) is 10.0. The van der Waals surface area contributed by atoms with Crippen molar-refractivity contribution in [3.05, 3.63) is 26.9 Å².